The summed E-state index contributed by atoms with van der Waals surface area (Å²) in [6.07, 6.45) is 1.06. The molecule has 3 heterocycles. The van der Waals surface area contributed by atoms with Crippen LogP contribution in [0.15, 0.2) is 46.9 Å². The van der Waals surface area contributed by atoms with Gasteiger partial charge >= 0.3 is 0 Å². The Morgan fingerprint density at radius 1 is 1.16 bits per heavy atom. The Balaban J connectivity index is 1.37. The summed E-state index contributed by atoms with van der Waals surface area (Å²) in [6, 6.07) is 14.2. The first kappa shape index (κ1) is 20.8. The minimum absolute atomic E-state index is 0.0815. The van der Waals surface area contributed by atoms with Gasteiger partial charge in [0.15, 0.2) is 17.1 Å². The van der Waals surface area contributed by atoms with E-state index in [1.54, 1.807) is 13.2 Å². The molecule has 1 fully saturated rings. The van der Waals surface area contributed by atoms with Crippen molar-refractivity contribution in [1.29, 1.82) is 0 Å². The normalized spacial score (nSPS) is 17.4. The van der Waals surface area contributed by atoms with Gasteiger partial charge in [-0.3, -0.25) is 9.69 Å². The Labute approximate surface area is 187 Å². The van der Waals surface area contributed by atoms with E-state index < -0.39 is 0 Å². The molecule has 7 nitrogen and oxygen atoms in total. The average Bonchev–Trinajstić information content (AvgIpc) is 3.43. The van der Waals surface area contributed by atoms with E-state index in [4.69, 9.17) is 13.9 Å². The van der Waals surface area contributed by atoms with Crippen LogP contribution in [-0.4, -0.2) is 64.4 Å². The predicted octanol–water partition coefficient (Wildman–Crippen LogP) is 3.24. The molecule has 3 aromatic rings. The third-order valence-corrected chi connectivity index (χ3v) is 6.51. The maximum absolute atomic E-state index is 13.0. The molecule has 1 saturated heterocycles. The molecule has 2 aliphatic rings. The lowest BCUT2D eigenvalue weighted by Gasteiger charge is -2.35. The van der Waals surface area contributed by atoms with Gasteiger partial charge in [0.05, 0.1) is 26.4 Å². The highest BCUT2D eigenvalue weighted by molar-refractivity contribution is 5.97. The van der Waals surface area contributed by atoms with Crippen LogP contribution in [0.3, 0.4) is 0 Å². The van der Waals surface area contributed by atoms with E-state index in [1.165, 1.54) is 16.8 Å². The molecular formula is C25H29N3O4. The van der Waals surface area contributed by atoms with Gasteiger partial charge in [0.25, 0.3) is 5.91 Å². The number of para-hydroxylation sites is 1. The summed E-state index contributed by atoms with van der Waals surface area (Å²) in [5.74, 6) is 0.694. The Morgan fingerprint density at radius 2 is 2.00 bits per heavy atom. The number of anilines is 1. The molecule has 0 spiro atoms. The zero-order valence-electron chi connectivity index (χ0n) is 18.6. The van der Waals surface area contributed by atoms with Crippen LogP contribution in [0.4, 0.5) is 5.69 Å². The van der Waals surface area contributed by atoms with Crippen LogP contribution in [0.5, 0.6) is 5.75 Å². The predicted molar refractivity (Wildman–Crippen MR) is 124 cm³/mol. The van der Waals surface area contributed by atoms with Crippen molar-refractivity contribution in [2.24, 2.45) is 0 Å². The Kier molecular flexibility index (Phi) is 5.76. The SMILES string of the molecule is COc1cccc2cc(C(=O)NC[C@H](c3ccc4c(c3)CCN4C)N3CCOCC3)oc12. The van der Waals surface area contributed by atoms with E-state index in [9.17, 15) is 4.79 Å². The Bertz CT molecular complexity index is 1120. The fraction of sp³-hybridized carbons (Fsp3) is 0.400. The smallest absolute Gasteiger partial charge is 0.287 e. The van der Waals surface area contributed by atoms with Gasteiger partial charge in [-0.05, 0) is 35.7 Å². The van der Waals surface area contributed by atoms with Crippen molar-refractivity contribution in [3.63, 3.8) is 0 Å². The lowest BCUT2D eigenvalue weighted by Crippen LogP contribution is -2.43. The van der Waals surface area contributed by atoms with Gasteiger partial charge in [0.1, 0.15) is 0 Å². The number of morpholine rings is 1. The van der Waals surface area contributed by atoms with Crippen LogP contribution in [0.1, 0.15) is 27.7 Å². The largest absolute Gasteiger partial charge is 0.493 e. The van der Waals surface area contributed by atoms with Gasteiger partial charge in [-0.25, -0.2) is 0 Å². The number of carbonyl (C=O) groups excluding carboxylic acids is 1. The number of carbonyl (C=O) groups is 1. The van der Waals surface area contributed by atoms with Crippen LogP contribution < -0.4 is 15.0 Å². The van der Waals surface area contributed by atoms with Crippen LogP contribution >= 0.6 is 0 Å². The Morgan fingerprint density at radius 3 is 2.81 bits per heavy atom. The summed E-state index contributed by atoms with van der Waals surface area (Å²) >= 11 is 0. The number of nitrogens with zero attached hydrogens (tertiary/aromatic N) is 2. The van der Waals surface area contributed by atoms with Crippen LogP contribution in [0, 0.1) is 0 Å². The van der Waals surface area contributed by atoms with Crippen molar-refractivity contribution in [2.45, 2.75) is 12.5 Å². The van der Waals surface area contributed by atoms with Crippen molar-refractivity contribution >= 4 is 22.6 Å². The molecule has 0 aliphatic carbocycles. The fourth-order valence-corrected chi connectivity index (χ4v) is 4.73. The highest BCUT2D eigenvalue weighted by atomic mass is 16.5. The van der Waals surface area contributed by atoms with Crippen LogP contribution in [0.25, 0.3) is 11.0 Å². The van der Waals surface area contributed by atoms with E-state index in [-0.39, 0.29) is 11.9 Å². The highest BCUT2D eigenvalue weighted by Crippen LogP contribution is 2.32. The molecule has 0 unspecified atom stereocenters. The Hall–Kier alpha value is -3.03. The summed E-state index contributed by atoms with van der Waals surface area (Å²) in [4.78, 5) is 17.7. The highest BCUT2D eigenvalue weighted by Gasteiger charge is 2.26. The molecule has 5 rings (SSSR count). The molecule has 7 heteroatoms. The number of rotatable bonds is 6. The minimum Gasteiger partial charge on any atom is -0.493 e. The topological polar surface area (TPSA) is 67.2 Å². The second kappa shape index (κ2) is 8.84. The molecule has 1 aromatic heterocycles. The van der Waals surface area contributed by atoms with E-state index in [1.807, 2.05) is 18.2 Å². The molecule has 0 radical (unpaired) electrons. The first-order valence-electron chi connectivity index (χ1n) is 11.1. The molecular weight excluding hydrogens is 406 g/mol. The number of amides is 1. The second-order valence-corrected chi connectivity index (χ2v) is 8.42. The number of benzene rings is 2. The third kappa shape index (κ3) is 3.94. The minimum atomic E-state index is -0.220. The van der Waals surface area contributed by atoms with Crippen molar-refractivity contribution in [2.75, 3.05) is 58.5 Å². The summed E-state index contributed by atoms with van der Waals surface area (Å²) in [6.45, 7) is 4.66. The summed E-state index contributed by atoms with van der Waals surface area (Å²) in [7, 11) is 3.73. The number of hydrogen-bond acceptors (Lipinski definition) is 6. The monoisotopic (exact) mass is 435 g/mol. The molecule has 0 bridgehead atoms. The summed E-state index contributed by atoms with van der Waals surface area (Å²) in [5, 5.41) is 3.95. The summed E-state index contributed by atoms with van der Waals surface area (Å²) in [5.41, 5.74) is 4.49. The molecule has 1 atom stereocenters. The van der Waals surface area contributed by atoms with Crippen LogP contribution in [-0.2, 0) is 11.2 Å². The van der Waals surface area contributed by atoms with Crippen molar-refractivity contribution in [1.82, 2.24) is 10.2 Å². The van der Waals surface area contributed by atoms with Gasteiger partial charge in [0, 0.05) is 44.3 Å². The third-order valence-electron chi connectivity index (χ3n) is 6.51. The molecule has 0 saturated carbocycles. The molecule has 1 N–H and O–H groups in total. The van der Waals surface area contributed by atoms with Gasteiger partial charge in [-0.2, -0.15) is 0 Å². The molecule has 32 heavy (non-hydrogen) atoms. The van der Waals surface area contributed by atoms with E-state index in [2.05, 4.69) is 40.4 Å². The average molecular weight is 436 g/mol. The molecule has 168 valence electrons. The number of hydrogen-bond donors (Lipinski definition) is 1. The van der Waals surface area contributed by atoms with Crippen molar-refractivity contribution < 1.29 is 18.7 Å². The lowest BCUT2D eigenvalue weighted by molar-refractivity contribution is 0.0161. The number of furan rings is 1. The molecule has 2 aliphatic heterocycles. The molecule has 1 amide bonds. The van der Waals surface area contributed by atoms with E-state index in [0.717, 1.165) is 31.4 Å². The number of ether oxygens (including phenoxy) is 2. The summed E-state index contributed by atoms with van der Waals surface area (Å²) < 4.78 is 16.7. The quantitative estimate of drug-likeness (QED) is 0.641. The van der Waals surface area contributed by atoms with Crippen LogP contribution in [0.2, 0.25) is 0 Å². The number of fused-ring (bicyclic) bond motifs is 2. The first-order valence-corrected chi connectivity index (χ1v) is 11.1. The van der Waals surface area contributed by atoms with Crippen molar-refractivity contribution in [3.05, 3.63) is 59.4 Å². The number of likely N-dealkylation sites (N-methyl/N-ethyl adjacent to an activating group) is 1. The van der Waals surface area contributed by atoms with Crippen molar-refractivity contribution in [3.8, 4) is 5.75 Å². The first-order chi connectivity index (χ1) is 15.6. The lowest BCUT2D eigenvalue weighted by atomic mass is 10.0. The van der Waals surface area contributed by atoms with Gasteiger partial charge < -0.3 is 24.1 Å². The zero-order chi connectivity index (χ0) is 22.1. The maximum Gasteiger partial charge on any atom is 0.287 e. The second-order valence-electron chi connectivity index (χ2n) is 8.42. The molecule has 2 aromatic carbocycles. The van der Waals surface area contributed by atoms with E-state index in [0.29, 0.717) is 36.9 Å². The van der Waals surface area contributed by atoms with Gasteiger partial charge in [-0.1, -0.05) is 24.3 Å². The standard InChI is InChI=1S/C25H29N3O4/c1-27-9-8-18-14-17(6-7-20(18)27)21(28-10-12-31-13-11-28)16-26-25(29)23-15-19-4-3-5-22(30-2)24(19)32-23/h3-7,14-15,21H,8-13,16H2,1-2H3,(H,26,29)/t21-/m1/s1. The van der Waals surface area contributed by atoms with E-state index >= 15 is 0 Å². The zero-order valence-corrected chi connectivity index (χ0v) is 18.6. The number of methoxy groups -OCH3 is 1. The van der Waals surface area contributed by atoms with Gasteiger partial charge in [0.2, 0.25) is 0 Å². The fourth-order valence-electron chi connectivity index (χ4n) is 4.73. The van der Waals surface area contributed by atoms with Gasteiger partial charge in [-0.15, -0.1) is 0 Å². The maximum atomic E-state index is 13.0. The number of nitrogens with one attached hydrogen (secondary N) is 1.